The van der Waals surface area contributed by atoms with E-state index in [9.17, 15) is 23.1 Å². The standard InChI is InChI=1S/C24H23ClF3N5O2S/c25-17-3-2-15(19(9-17)24(26,27)28)11-31-20-4-1-14(7-16(20)10-29)8-21-22(35)32-23(36-21)33-6-5-30-12-18(33)13-34/h1-4,7-10,18,29-31,34H,5-6,11-13H2/b21-8-,29-10?/t18-/m1/s1. The van der Waals surface area contributed by atoms with Crippen molar-refractivity contribution in [3.63, 3.8) is 0 Å². The molecule has 1 amide bonds. The molecule has 4 rings (SSSR count). The number of anilines is 1. The Balaban J connectivity index is 1.49. The molecule has 1 saturated heterocycles. The van der Waals surface area contributed by atoms with Crippen LogP contribution in [-0.2, 0) is 17.5 Å². The lowest BCUT2D eigenvalue weighted by Gasteiger charge is -2.35. The summed E-state index contributed by atoms with van der Waals surface area (Å²) >= 11 is 6.97. The highest BCUT2D eigenvalue weighted by Crippen LogP contribution is 2.35. The first-order valence-electron chi connectivity index (χ1n) is 11.0. The molecule has 0 spiro atoms. The van der Waals surface area contributed by atoms with Gasteiger partial charge in [-0.25, -0.2) is 0 Å². The predicted octanol–water partition coefficient (Wildman–Crippen LogP) is 4.20. The van der Waals surface area contributed by atoms with Crippen molar-refractivity contribution in [2.45, 2.75) is 18.8 Å². The lowest BCUT2D eigenvalue weighted by Crippen LogP contribution is -2.54. The van der Waals surface area contributed by atoms with Crippen molar-refractivity contribution in [3.8, 4) is 0 Å². The van der Waals surface area contributed by atoms with E-state index >= 15 is 0 Å². The van der Waals surface area contributed by atoms with Gasteiger partial charge in [0.2, 0.25) is 0 Å². The summed E-state index contributed by atoms with van der Waals surface area (Å²) in [4.78, 5) is 19.0. The Bertz CT molecular complexity index is 1230. The molecule has 0 radical (unpaired) electrons. The van der Waals surface area contributed by atoms with E-state index in [0.29, 0.717) is 40.0 Å². The summed E-state index contributed by atoms with van der Waals surface area (Å²) < 4.78 is 40.1. The summed E-state index contributed by atoms with van der Waals surface area (Å²) in [5.41, 5.74) is 0.782. The number of amides is 1. The largest absolute Gasteiger partial charge is 0.416 e. The summed E-state index contributed by atoms with van der Waals surface area (Å²) in [5.74, 6) is -0.383. The molecular weight excluding hydrogens is 515 g/mol. The maximum atomic E-state index is 13.4. The monoisotopic (exact) mass is 537 g/mol. The van der Waals surface area contributed by atoms with Gasteiger partial charge < -0.3 is 26.0 Å². The number of amidine groups is 1. The Morgan fingerprint density at radius 2 is 2.11 bits per heavy atom. The number of benzene rings is 2. The van der Waals surface area contributed by atoms with E-state index in [4.69, 9.17) is 17.0 Å². The number of halogens is 4. The third-order valence-corrected chi connectivity index (χ3v) is 7.05. The number of aliphatic hydroxyl groups is 1. The quantitative estimate of drug-likeness (QED) is 0.325. The minimum Gasteiger partial charge on any atom is -0.394 e. The fourth-order valence-corrected chi connectivity index (χ4v) is 5.14. The van der Waals surface area contributed by atoms with Gasteiger partial charge in [0, 0.05) is 48.7 Å². The first-order valence-corrected chi connectivity index (χ1v) is 12.2. The van der Waals surface area contributed by atoms with Crippen LogP contribution in [0.1, 0.15) is 22.3 Å². The van der Waals surface area contributed by atoms with Crippen LogP contribution in [0, 0.1) is 5.41 Å². The number of carbonyl (C=O) groups excluding carboxylic acids is 1. The highest BCUT2D eigenvalue weighted by molar-refractivity contribution is 8.18. The maximum absolute atomic E-state index is 13.4. The minimum atomic E-state index is -4.54. The van der Waals surface area contributed by atoms with Gasteiger partial charge in [0.15, 0.2) is 5.17 Å². The fourth-order valence-electron chi connectivity index (χ4n) is 3.96. The molecule has 1 fully saturated rings. The number of alkyl halides is 3. The van der Waals surface area contributed by atoms with Crippen molar-refractivity contribution < 1.29 is 23.1 Å². The van der Waals surface area contributed by atoms with Crippen molar-refractivity contribution in [2.75, 3.05) is 31.6 Å². The molecule has 1 atom stereocenters. The third kappa shape index (κ3) is 5.92. The van der Waals surface area contributed by atoms with Crippen LogP contribution in [0.5, 0.6) is 0 Å². The topological polar surface area (TPSA) is 101 Å². The van der Waals surface area contributed by atoms with E-state index in [1.807, 2.05) is 4.90 Å². The number of nitrogens with one attached hydrogen (secondary N) is 3. The fraction of sp³-hybridized carbons (Fsp3) is 0.292. The molecule has 2 heterocycles. The van der Waals surface area contributed by atoms with E-state index in [0.717, 1.165) is 18.8 Å². The number of carbonyl (C=O) groups is 1. The van der Waals surface area contributed by atoms with E-state index in [1.54, 1.807) is 24.3 Å². The SMILES string of the molecule is N=Cc1cc(/C=C2\SC(N3CCNC[C@@H]3CO)=NC2=O)ccc1NCc1ccc(Cl)cc1C(F)(F)F. The van der Waals surface area contributed by atoms with Gasteiger partial charge in [-0.3, -0.25) is 4.79 Å². The van der Waals surface area contributed by atoms with Crippen LogP contribution in [0.4, 0.5) is 18.9 Å². The second-order valence-corrected chi connectivity index (χ2v) is 9.63. The summed E-state index contributed by atoms with van der Waals surface area (Å²) in [6, 6.07) is 8.48. The molecule has 4 N–H and O–H groups in total. The molecular formula is C24H23ClF3N5O2S. The summed E-state index contributed by atoms with van der Waals surface area (Å²) in [6.45, 7) is 1.77. The van der Waals surface area contributed by atoms with E-state index in [1.165, 1.54) is 23.9 Å². The lowest BCUT2D eigenvalue weighted by molar-refractivity contribution is -0.138. The van der Waals surface area contributed by atoms with Gasteiger partial charge in [-0.05, 0) is 53.2 Å². The predicted molar refractivity (Wildman–Crippen MR) is 137 cm³/mol. The third-order valence-electron chi connectivity index (χ3n) is 5.79. The van der Waals surface area contributed by atoms with E-state index in [2.05, 4.69) is 15.6 Å². The second kappa shape index (κ2) is 11.0. The van der Waals surface area contributed by atoms with Crippen molar-refractivity contribution >= 4 is 52.4 Å². The Kier molecular flexibility index (Phi) is 8.04. The van der Waals surface area contributed by atoms with Crippen LogP contribution in [-0.4, -0.2) is 59.6 Å². The Labute approximate surface area is 214 Å². The van der Waals surface area contributed by atoms with Crippen molar-refractivity contribution in [1.82, 2.24) is 10.2 Å². The number of hydrogen-bond acceptors (Lipinski definition) is 7. The van der Waals surface area contributed by atoms with Crippen LogP contribution in [0.15, 0.2) is 46.3 Å². The first-order chi connectivity index (χ1) is 17.2. The summed E-state index contributed by atoms with van der Waals surface area (Å²) in [7, 11) is 0. The Morgan fingerprint density at radius 3 is 2.83 bits per heavy atom. The summed E-state index contributed by atoms with van der Waals surface area (Å²) in [5, 5.41) is 24.1. The summed E-state index contributed by atoms with van der Waals surface area (Å²) in [6.07, 6.45) is -1.79. The normalized spacial score (nSPS) is 19.5. The maximum Gasteiger partial charge on any atom is 0.416 e. The average Bonchev–Trinajstić information content (AvgIpc) is 3.22. The van der Waals surface area contributed by atoms with E-state index < -0.39 is 11.7 Å². The molecule has 7 nitrogen and oxygen atoms in total. The van der Waals surface area contributed by atoms with Gasteiger partial charge in [-0.2, -0.15) is 18.2 Å². The molecule has 2 aliphatic heterocycles. The molecule has 0 bridgehead atoms. The lowest BCUT2D eigenvalue weighted by atomic mass is 10.1. The smallest absolute Gasteiger partial charge is 0.394 e. The van der Waals surface area contributed by atoms with Gasteiger partial charge in [-0.1, -0.05) is 23.7 Å². The second-order valence-electron chi connectivity index (χ2n) is 8.19. The number of aliphatic imine (C=N–C) groups is 1. The zero-order chi connectivity index (χ0) is 25.9. The van der Waals surface area contributed by atoms with Crippen molar-refractivity contribution in [1.29, 1.82) is 5.41 Å². The Morgan fingerprint density at radius 1 is 1.31 bits per heavy atom. The van der Waals surface area contributed by atoms with Crippen LogP contribution in [0.2, 0.25) is 5.02 Å². The molecule has 2 aromatic rings. The van der Waals surface area contributed by atoms with Gasteiger partial charge in [-0.15, -0.1) is 0 Å². The van der Waals surface area contributed by atoms with Gasteiger partial charge >= 0.3 is 6.18 Å². The Hall–Kier alpha value is -2.86. The number of piperazine rings is 1. The van der Waals surface area contributed by atoms with Gasteiger partial charge in [0.05, 0.1) is 23.1 Å². The molecule has 2 aliphatic rings. The number of rotatable bonds is 6. The van der Waals surface area contributed by atoms with Crippen molar-refractivity contribution in [2.24, 2.45) is 4.99 Å². The van der Waals surface area contributed by atoms with Crippen LogP contribution in [0.3, 0.4) is 0 Å². The number of nitrogens with zero attached hydrogens (tertiary/aromatic N) is 2. The molecule has 0 aliphatic carbocycles. The number of hydrogen-bond donors (Lipinski definition) is 4. The molecule has 12 heteroatoms. The zero-order valence-corrected chi connectivity index (χ0v) is 20.5. The first kappa shape index (κ1) is 26.2. The highest BCUT2D eigenvalue weighted by atomic mass is 35.5. The molecule has 36 heavy (non-hydrogen) atoms. The highest BCUT2D eigenvalue weighted by Gasteiger charge is 2.34. The van der Waals surface area contributed by atoms with Crippen molar-refractivity contribution in [3.05, 3.63) is 68.6 Å². The molecule has 0 saturated carbocycles. The van der Waals surface area contributed by atoms with Gasteiger partial charge in [0.25, 0.3) is 5.91 Å². The van der Waals surface area contributed by atoms with E-state index in [-0.39, 0.29) is 35.7 Å². The molecule has 190 valence electrons. The van der Waals surface area contributed by atoms with Crippen LogP contribution >= 0.6 is 23.4 Å². The van der Waals surface area contributed by atoms with Crippen LogP contribution < -0.4 is 10.6 Å². The average molecular weight is 538 g/mol. The molecule has 2 aromatic carbocycles. The number of aliphatic hydroxyl groups excluding tert-OH is 1. The minimum absolute atomic E-state index is 0.000975. The molecule has 0 unspecified atom stereocenters. The van der Waals surface area contributed by atoms with Crippen LogP contribution in [0.25, 0.3) is 6.08 Å². The van der Waals surface area contributed by atoms with Gasteiger partial charge in [0.1, 0.15) is 0 Å². The number of thioether (sulfide) groups is 1. The zero-order valence-electron chi connectivity index (χ0n) is 18.9. The molecule has 0 aromatic heterocycles.